The Kier molecular flexibility index (Phi) is 7.47. The summed E-state index contributed by atoms with van der Waals surface area (Å²) in [7, 11) is 1.39. The summed E-state index contributed by atoms with van der Waals surface area (Å²) in [5.41, 5.74) is 4.69. The Balaban J connectivity index is 1.25. The molecule has 2 aromatic carbocycles. The first-order chi connectivity index (χ1) is 16.5. The van der Waals surface area contributed by atoms with Gasteiger partial charge in [-0.3, -0.25) is 4.79 Å². The minimum absolute atomic E-state index is 0.00690. The van der Waals surface area contributed by atoms with Crippen LogP contribution in [0.25, 0.3) is 11.1 Å². The van der Waals surface area contributed by atoms with Crippen LogP contribution in [0.2, 0.25) is 0 Å². The summed E-state index contributed by atoms with van der Waals surface area (Å²) < 4.78 is 10.5. The molecular weight excluding hydrogens is 436 g/mol. The molecule has 0 aromatic heterocycles. The number of aliphatic carboxylic acids is 1. The number of ether oxygens (including phenoxy) is 2. The van der Waals surface area contributed by atoms with Crippen molar-refractivity contribution in [3.8, 4) is 11.1 Å². The summed E-state index contributed by atoms with van der Waals surface area (Å²) in [6.45, 7) is 0.173. The molecule has 0 heterocycles. The third kappa shape index (κ3) is 5.39. The highest BCUT2D eigenvalue weighted by Gasteiger charge is 2.31. The second kappa shape index (κ2) is 10.7. The highest BCUT2D eigenvalue weighted by Crippen LogP contribution is 2.44. The van der Waals surface area contributed by atoms with Gasteiger partial charge < -0.3 is 25.2 Å². The average Bonchev–Trinajstić information content (AvgIpc) is 3.39. The van der Waals surface area contributed by atoms with E-state index in [-0.39, 0.29) is 43.4 Å². The number of methoxy groups -OCH3 is 1. The van der Waals surface area contributed by atoms with Crippen molar-refractivity contribution >= 4 is 18.0 Å². The summed E-state index contributed by atoms with van der Waals surface area (Å²) >= 11 is 0. The lowest BCUT2D eigenvalue weighted by atomic mass is 9.98. The van der Waals surface area contributed by atoms with Crippen LogP contribution < -0.4 is 10.6 Å². The molecule has 4 rings (SSSR count). The van der Waals surface area contributed by atoms with Crippen LogP contribution in [0.1, 0.15) is 42.7 Å². The molecule has 1 saturated carbocycles. The smallest absolute Gasteiger partial charge is 0.407 e. The van der Waals surface area contributed by atoms with E-state index < -0.39 is 18.1 Å². The lowest BCUT2D eigenvalue weighted by Gasteiger charge is -2.17. The van der Waals surface area contributed by atoms with Crippen molar-refractivity contribution < 1.29 is 29.0 Å². The van der Waals surface area contributed by atoms with Gasteiger partial charge in [0.1, 0.15) is 6.61 Å². The largest absolute Gasteiger partial charge is 0.480 e. The molecule has 8 heteroatoms. The maximum atomic E-state index is 12.5. The number of carbonyl (C=O) groups excluding carboxylic acids is 2. The van der Waals surface area contributed by atoms with Crippen molar-refractivity contribution in [1.82, 2.24) is 10.6 Å². The average molecular weight is 467 g/mol. The number of fused-ring (bicyclic) bond motifs is 3. The monoisotopic (exact) mass is 466 g/mol. The van der Waals surface area contributed by atoms with Crippen molar-refractivity contribution in [3.05, 3.63) is 59.7 Å². The molecule has 1 fully saturated rings. The van der Waals surface area contributed by atoms with Gasteiger partial charge in [-0.15, -0.1) is 0 Å². The SMILES string of the molecule is COCC(NC(=O)C[C@@H]1CC[C@H](NC(=O)OCC2c3ccccc3-c3ccccc32)C1)C(=O)O. The van der Waals surface area contributed by atoms with Gasteiger partial charge >= 0.3 is 12.1 Å². The number of amides is 2. The first-order valence-corrected chi connectivity index (χ1v) is 11.6. The standard InChI is InChI=1S/C26H30N2O6/c1-33-15-23(25(30)31)28-24(29)13-16-10-11-17(12-16)27-26(32)34-14-22-20-8-4-2-6-18(20)19-7-3-5-9-21(19)22/h2-9,16-17,22-23H,10-15H2,1H3,(H,27,32)(H,28,29)(H,30,31)/t16-,17+,23?/m1/s1. The van der Waals surface area contributed by atoms with Crippen molar-refractivity contribution in [2.45, 2.75) is 43.7 Å². The number of hydrogen-bond acceptors (Lipinski definition) is 5. The molecule has 0 aliphatic heterocycles. The van der Waals surface area contributed by atoms with Crippen LogP contribution in [-0.4, -0.2) is 55.5 Å². The van der Waals surface area contributed by atoms with Crippen LogP contribution in [-0.2, 0) is 19.1 Å². The number of carboxylic acid groups (broad SMARTS) is 1. The lowest BCUT2D eigenvalue weighted by Crippen LogP contribution is -2.44. The molecule has 1 unspecified atom stereocenters. The van der Waals surface area contributed by atoms with Crippen molar-refractivity contribution in [2.75, 3.05) is 20.3 Å². The summed E-state index contributed by atoms with van der Waals surface area (Å²) in [6.07, 6.45) is 1.95. The Labute approximate surface area is 198 Å². The van der Waals surface area contributed by atoms with E-state index in [2.05, 4.69) is 34.9 Å². The van der Waals surface area contributed by atoms with Crippen LogP contribution in [0.5, 0.6) is 0 Å². The zero-order valence-electron chi connectivity index (χ0n) is 19.2. The predicted octanol–water partition coefficient (Wildman–Crippen LogP) is 3.30. The molecule has 0 spiro atoms. The van der Waals surface area contributed by atoms with Crippen LogP contribution >= 0.6 is 0 Å². The number of nitrogens with one attached hydrogen (secondary N) is 2. The molecule has 34 heavy (non-hydrogen) atoms. The molecule has 8 nitrogen and oxygen atoms in total. The van der Waals surface area contributed by atoms with Gasteiger partial charge in [0.2, 0.25) is 5.91 Å². The third-order valence-electron chi connectivity index (χ3n) is 6.65. The van der Waals surface area contributed by atoms with Gasteiger partial charge in [-0.2, -0.15) is 0 Å². The van der Waals surface area contributed by atoms with Crippen LogP contribution in [0.4, 0.5) is 4.79 Å². The van der Waals surface area contributed by atoms with E-state index in [9.17, 15) is 14.4 Å². The van der Waals surface area contributed by atoms with Gasteiger partial charge in [-0.25, -0.2) is 9.59 Å². The fraction of sp³-hybridized carbons (Fsp3) is 0.423. The van der Waals surface area contributed by atoms with Crippen molar-refractivity contribution in [3.63, 3.8) is 0 Å². The Morgan fingerprint density at radius 2 is 1.68 bits per heavy atom. The minimum Gasteiger partial charge on any atom is -0.480 e. The lowest BCUT2D eigenvalue weighted by molar-refractivity contribution is -0.143. The van der Waals surface area contributed by atoms with Crippen molar-refractivity contribution in [2.24, 2.45) is 5.92 Å². The Morgan fingerprint density at radius 3 is 2.29 bits per heavy atom. The minimum atomic E-state index is -1.13. The van der Waals surface area contributed by atoms with E-state index in [4.69, 9.17) is 14.6 Å². The number of carboxylic acids is 1. The molecule has 2 amide bonds. The molecule has 0 saturated heterocycles. The second-order valence-electron chi connectivity index (χ2n) is 8.96. The number of carbonyl (C=O) groups is 3. The Morgan fingerprint density at radius 1 is 1.03 bits per heavy atom. The molecular formula is C26H30N2O6. The first-order valence-electron chi connectivity index (χ1n) is 11.6. The maximum absolute atomic E-state index is 12.5. The van der Waals surface area contributed by atoms with Crippen LogP contribution in [0.3, 0.4) is 0 Å². The Hall–Kier alpha value is -3.39. The maximum Gasteiger partial charge on any atom is 0.407 e. The number of rotatable bonds is 9. The van der Waals surface area contributed by atoms with E-state index in [1.807, 2.05) is 24.3 Å². The summed E-state index contributed by atoms with van der Waals surface area (Å²) in [4.78, 5) is 35.9. The van der Waals surface area contributed by atoms with Gasteiger partial charge in [-0.05, 0) is 47.4 Å². The Bertz CT molecular complexity index is 1010. The van der Waals surface area contributed by atoms with E-state index in [0.29, 0.717) is 6.42 Å². The van der Waals surface area contributed by atoms with Gasteiger partial charge in [0, 0.05) is 25.5 Å². The summed E-state index contributed by atoms with van der Waals surface area (Å²) in [5.74, 6) is -1.36. The van der Waals surface area contributed by atoms with Crippen molar-refractivity contribution in [1.29, 1.82) is 0 Å². The second-order valence-corrected chi connectivity index (χ2v) is 8.96. The van der Waals surface area contributed by atoms with Crippen LogP contribution in [0.15, 0.2) is 48.5 Å². The topological polar surface area (TPSA) is 114 Å². The molecule has 3 atom stereocenters. The normalized spacial score (nSPS) is 19.7. The number of hydrogen-bond donors (Lipinski definition) is 3. The zero-order chi connectivity index (χ0) is 24.1. The quantitative estimate of drug-likeness (QED) is 0.523. The van der Waals surface area contributed by atoms with Gasteiger partial charge in [0.15, 0.2) is 6.04 Å². The molecule has 180 valence electrons. The number of alkyl carbamates (subject to hydrolysis) is 1. The number of benzene rings is 2. The fourth-order valence-corrected chi connectivity index (χ4v) is 5.05. The van der Waals surface area contributed by atoms with E-state index in [0.717, 1.165) is 24.0 Å². The highest BCUT2D eigenvalue weighted by molar-refractivity contribution is 5.83. The van der Waals surface area contributed by atoms with Gasteiger partial charge in [-0.1, -0.05) is 48.5 Å². The summed E-state index contributed by atoms with van der Waals surface area (Å²) in [6, 6.07) is 15.3. The molecule has 0 radical (unpaired) electrons. The first kappa shape index (κ1) is 23.8. The molecule has 0 bridgehead atoms. The highest BCUT2D eigenvalue weighted by atomic mass is 16.5. The zero-order valence-corrected chi connectivity index (χ0v) is 19.2. The van der Waals surface area contributed by atoms with Gasteiger partial charge in [0.05, 0.1) is 6.61 Å². The van der Waals surface area contributed by atoms with E-state index >= 15 is 0 Å². The van der Waals surface area contributed by atoms with E-state index in [1.165, 1.54) is 18.2 Å². The van der Waals surface area contributed by atoms with E-state index in [1.54, 1.807) is 0 Å². The van der Waals surface area contributed by atoms with Gasteiger partial charge in [0.25, 0.3) is 0 Å². The molecule has 3 N–H and O–H groups in total. The molecule has 2 aliphatic rings. The van der Waals surface area contributed by atoms with Crippen LogP contribution in [0, 0.1) is 5.92 Å². The summed E-state index contributed by atoms with van der Waals surface area (Å²) in [5, 5.41) is 14.6. The third-order valence-corrected chi connectivity index (χ3v) is 6.65. The molecule has 2 aromatic rings. The fourth-order valence-electron chi connectivity index (χ4n) is 5.05. The predicted molar refractivity (Wildman–Crippen MR) is 125 cm³/mol. The molecule has 2 aliphatic carbocycles.